The van der Waals surface area contributed by atoms with E-state index in [1.165, 1.54) is 4.80 Å². The molecule has 1 heterocycles. The fourth-order valence-electron chi connectivity index (χ4n) is 3.57. The van der Waals surface area contributed by atoms with E-state index in [2.05, 4.69) is 10.2 Å². The van der Waals surface area contributed by atoms with Gasteiger partial charge in [0.2, 0.25) is 0 Å². The second kappa shape index (κ2) is 9.92. The number of benzene rings is 3. The van der Waals surface area contributed by atoms with Crippen molar-refractivity contribution >= 4 is 28.6 Å². The number of hydrogen-bond acceptors (Lipinski definition) is 5. The molecular formula is C25H24ClN3O4. The zero-order valence-electron chi connectivity index (χ0n) is 18.4. The van der Waals surface area contributed by atoms with E-state index in [-0.39, 0.29) is 12.3 Å². The highest BCUT2D eigenvalue weighted by Gasteiger charge is 2.13. The van der Waals surface area contributed by atoms with E-state index < -0.39 is 5.97 Å². The van der Waals surface area contributed by atoms with Gasteiger partial charge in [0.25, 0.3) is 0 Å². The van der Waals surface area contributed by atoms with Crippen molar-refractivity contribution < 1.29 is 19.4 Å². The number of aromatic nitrogens is 3. The summed E-state index contributed by atoms with van der Waals surface area (Å²) >= 11 is 6.21. The average molecular weight is 466 g/mol. The summed E-state index contributed by atoms with van der Waals surface area (Å²) in [4.78, 5) is 12.6. The van der Waals surface area contributed by atoms with Crippen LogP contribution < -0.4 is 9.47 Å². The first kappa shape index (κ1) is 22.6. The minimum Gasteiger partial charge on any atom is -0.490 e. The molecule has 0 spiro atoms. The number of aliphatic carboxylic acids is 1. The molecule has 8 heteroatoms. The van der Waals surface area contributed by atoms with Crippen LogP contribution in [0.15, 0.2) is 60.7 Å². The number of hydrogen-bond donors (Lipinski definition) is 1. The fourth-order valence-corrected chi connectivity index (χ4v) is 3.74. The third-order valence-corrected chi connectivity index (χ3v) is 5.35. The Morgan fingerprint density at radius 2 is 1.70 bits per heavy atom. The van der Waals surface area contributed by atoms with Gasteiger partial charge in [0.05, 0.1) is 6.42 Å². The third kappa shape index (κ3) is 5.43. The zero-order valence-corrected chi connectivity index (χ0v) is 19.1. The normalized spacial score (nSPS) is 11.2. The molecule has 4 rings (SSSR count). The molecule has 1 N–H and O–H groups in total. The topological polar surface area (TPSA) is 86.5 Å². The monoisotopic (exact) mass is 465 g/mol. The molecule has 7 nitrogen and oxygen atoms in total. The van der Waals surface area contributed by atoms with E-state index in [1.807, 2.05) is 50.2 Å². The minimum atomic E-state index is -0.850. The van der Waals surface area contributed by atoms with Crippen LogP contribution in [0.5, 0.6) is 11.5 Å². The molecule has 3 aromatic carbocycles. The number of nitrogens with zero attached hydrogens (tertiary/aromatic N) is 3. The van der Waals surface area contributed by atoms with Crippen molar-refractivity contribution in [1.29, 1.82) is 0 Å². The van der Waals surface area contributed by atoms with Gasteiger partial charge in [-0.15, -0.1) is 15.0 Å². The van der Waals surface area contributed by atoms with Crippen molar-refractivity contribution in [3.8, 4) is 17.2 Å². The number of carboxylic acid groups (broad SMARTS) is 1. The molecular weight excluding hydrogens is 442 g/mol. The molecule has 0 aliphatic rings. The van der Waals surface area contributed by atoms with Crippen LogP contribution in [0.4, 0.5) is 0 Å². The summed E-state index contributed by atoms with van der Waals surface area (Å²) in [5, 5.41) is 18.7. The Kier molecular flexibility index (Phi) is 6.79. The molecule has 0 saturated carbocycles. The van der Waals surface area contributed by atoms with Gasteiger partial charge in [-0.05, 0) is 59.5 Å². The van der Waals surface area contributed by atoms with Crippen LogP contribution in [-0.2, 0) is 11.2 Å². The van der Waals surface area contributed by atoms with Gasteiger partial charge in [-0.1, -0.05) is 43.6 Å². The van der Waals surface area contributed by atoms with Gasteiger partial charge in [-0.3, -0.25) is 4.79 Å². The van der Waals surface area contributed by atoms with E-state index in [0.717, 1.165) is 22.2 Å². The van der Waals surface area contributed by atoms with Gasteiger partial charge in [-0.2, -0.15) is 0 Å². The van der Waals surface area contributed by atoms with Gasteiger partial charge >= 0.3 is 5.97 Å². The van der Waals surface area contributed by atoms with E-state index in [0.29, 0.717) is 35.4 Å². The number of halogens is 1. The lowest BCUT2D eigenvalue weighted by molar-refractivity contribution is -0.136. The molecule has 0 fully saturated rings. The minimum absolute atomic E-state index is 0.00722. The molecule has 0 aliphatic heterocycles. The molecule has 0 radical (unpaired) electrons. The largest absolute Gasteiger partial charge is 0.490 e. The molecule has 4 aromatic rings. The molecule has 1 aromatic heterocycles. The van der Waals surface area contributed by atoms with Crippen molar-refractivity contribution in [2.45, 2.75) is 26.2 Å². The van der Waals surface area contributed by atoms with Gasteiger partial charge in [0.15, 0.2) is 0 Å². The number of carboxylic acids is 1. The maximum Gasteiger partial charge on any atom is 0.307 e. The third-order valence-electron chi connectivity index (χ3n) is 5.11. The van der Waals surface area contributed by atoms with Crippen molar-refractivity contribution in [1.82, 2.24) is 15.0 Å². The summed E-state index contributed by atoms with van der Waals surface area (Å²) in [6.45, 7) is 4.67. The highest BCUT2D eigenvalue weighted by Crippen LogP contribution is 2.28. The summed E-state index contributed by atoms with van der Waals surface area (Å²) in [5.41, 5.74) is 3.95. The maximum atomic E-state index is 11.1. The van der Waals surface area contributed by atoms with Gasteiger partial charge in [0, 0.05) is 5.02 Å². The van der Waals surface area contributed by atoms with E-state index in [4.69, 9.17) is 26.2 Å². The number of rotatable bonds is 9. The van der Waals surface area contributed by atoms with Crippen LogP contribution in [0, 0.1) is 0 Å². The summed E-state index contributed by atoms with van der Waals surface area (Å²) < 4.78 is 11.8. The van der Waals surface area contributed by atoms with Crippen molar-refractivity contribution in [3.63, 3.8) is 0 Å². The highest BCUT2D eigenvalue weighted by atomic mass is 35.5. The Morgan fingerprint density at radius 1 is 1.00 bits per heavy atom. The van der Waals surface area contributed by atoms with Crippen LogP contribution in [-0.4, -0.2) is 39.3 Å². The van der Waals surface area contributed by atoms with Crippen LogP contribution >= 0.6 is 11.6 Å². The van der Waals surface area contributed by atoms with E-state index in [1.54, 1.807) is 24.3 Å². The Bertz CT molecular complexity index is 1250. The van der Waals surface area contributed by atoms with E-state index >= 15 is 0 Å². The zero-order chi connectivity index (χ0) is 23.4. The maximum absolute atomic E-state index is 11.1. The summed E-state index contributed by atoms with van der Waals surface area (Å²) in [7, 11) is 0. The summed E-state index contributed by atoms with van der Waals surface area (Å²) in [6.07, 6.45) is -0.00722. The Morgan fingerprint density at radius 3 is 2.36 bits per heavy atom. The van der Waals surface area contributed by atoms with Crippen molar-refractivity contribution in [2.75, 3.05) is 13.2 Å². The van der Waals surface area contributed by atoms with Crippen LogP contribution in [0.1, 0.15) is 30.9 Å². The number of ether oxygens (including phenoxy) is 2. The second-order valence-electron chi connectivity index (χ2n) is 7.87. The van der Waals surface area contributed by atoms with Crippen molar-refractivity contribution in [2.24, 2.45) is 0 Å². The average Bonchev–Trinajstić information content (AvgIpc) is 3.22. The first-order chi connectivity index (χ1) is 15.9. The Labute approximate surface area is 196 Å². The second-order valence-corrected chi connectivity index (χ2v) is 8.31. The Balaban J connectivity index is 1.44. The smallest absolute Gasteiger partial charge is 0.307 e. The predicted octanol–water partition coefficient (Wildman–Crippen LogP) is 5.28. The van der Waals surface area contributed by atoms with E-state index in [9.17, 15) is 4.79 Å². The molecule has 170 valence electrons. The molecule has 0 saturated heterocycles. The van der Waals surface area contributed by atoms with Crippen molar-refractivity contribution in [3.05, 3.63) is 76.8 Å². The predicted molar refractivity (Wildman–Crippen MR) is 127 cm³/mol. The number of carbonyl (C=O) groups is 1. The van der Waals surface area contributed by atoms with Crippen LogP contribution in [0.2, 0.25) is 5.02 Å². The molecule has 0 unspecified atom stereocenters. The number of fused-ring (bicyclic) bond motifs is 1. The fraction of sp³-hybridized carbons (Fsp3) is 0.240. The van der Waals surface area contributed by atoms with Gasteiger partial charge < -0.3 is 14.6 Å². The lowest BCUT2D eigenvalue weighted by Crippen LogP contribution is -2.12. The standard InChI is InChI=1S/C25H24ClN3O4/c1-16(2)20-15-19(9-7-17(20)13-25(30)31)32-11-12-33-24-10-8-18(26)14-23(24)29-27-21-5-3-4-6-22(21)28-29/h3-10,14-16H,11-13H2,1-2H3,(H,30,31). The first-order valence-corrected chi connectivity index (χ1v) is 11.0. The quantitative estimate of drug-likeness (QED) is 0.338. The van der Waals surface area contributed by atoms with Crippen LogP contribution in [0.25, 0.3) is 16.7 Å². The Hall–Kier alpha value is -3.58. The van der Waals surface area contributed by atoms with Gasteiger partial charge in [0.1, 0.15) is 41.4 Å². The summed E-state index contributed by atoms with van der Waals surface area (Å²) in [5.74, 6) is 0.598. The lowest BCUT2D eigenvalue weighted by Gasteiger charge is -2.15. The molecule has 33 heavy (non-hydrogen) atoms. The molecule has 0 aliphatic carbocycles. The molecule has 0 amide bonds. The van der Waals surface area contributed by atoms with Gasteiger partial charge in [-0.25, -0.2) is 0 Å². The molecule has 0 bridgehead atoms. The molecule has 0 atom stereocenters. The SMILES string of the molecule is CC(C)c1cc(OCCOc2ccc(Cl)cc2-n2nc3ccccc3n2)ccc1CC(=O)O. The lowest BCUT2D eigenvalue weighted by atomic mass is 9.95. The first-order valence-electron chi connectivity index (χ1n) is 10.6. The summed E-state index contributed by atoms with van der Waals surface area (Å²) in [6, 6.07) is 18.4. The van der Waals surface area contributed by atoms with Crippen LogP contribution in [0.3, 0.4) is 0 Å². The highest BCUT2D eigenvalue weighted by molar-refractivity contribution is 6.30.